The number of amides is 1. The quantitative estimate of drug-likeness (QED) is 0.816. The fourth-order valence-electron chi connectivity index (χ4n) is 2.40. The lowest BCUT2D eigenvalue weighted by Gasteiger charge is -2.27. The summed E-state index contributed by atoms with van der Waals surface area (Å²) in [5, 5.41) is 6.61. The van der Waals surface area contributed by atoms with Gasteiger partial charge in [-0.1, -0.05) is 11.6 Å². The van der Waals surface area contributed by atoms with Gasteiger partial charge < -0.3 is 15.6 Å². The van der Waals surface area contributed by atoms with E-state index >= 15 is 0 Å². The van der Waals surface area contributed by atoms with Gasteiger partial charge in [0.25, 0.3) is 0 Å². The fraction of sp³-hybridized carbons (Fsp3) is 0.750. The van der Waals surface area contributed by atoms with Crippen molar-refractivity contribution in [2.45, 2.75) is 45.6 Å². The van der Waals surface area contributed by atoms with Crippen molar-refractivity contribution in [2.75, 3.05) is 6.54 Å². The summed E-state index contributed by atoms with van der Waals surface area (Å²) >= 11 is 0. The van der Waals surface area contributed by atoms with Crippen molar-refractivity contribution in [1.82, 2.24) is 15.5 Å². The van der Waals surface area contributed by atoms with Crippen molar-refractivity contribution in [3.05, 3.63) is 11.7 Å². The Morgan fingerprint density at radius 2 is 2.44 bits per heavy atom. The molecule has 2 rings (SSSR count). The van der Waals surface area contributed by atoms with E-state index in [1.54, 1.807) is 6.92 Å². The Morgan fingerprint density at radius 3 is 3.00 bits per heavy atom. The number of hydrogen-bond donors (Lipinski definition) is 2. The minimum atomic E-state index is -0.426. The molecule has 100 valence electrons. The van der Waals surface area contributed by atoms with Gasteiger partial charge in [0.05, 0.1) is 5.41 Å². The number of carbonyl (C=O) groups excluding carboxylic acids is 1. The van der Waals surface area contributed by atoms with Gasteiger partial charge in [0.2, 0.25) is 11.8 Å². The Kier molecular flexibility index (Phi) is 3.65. The summed E-state index contributed by atoms with van der Waals surface area (Å²) in [5.74, 6) is 1.19. The summed E-state index contributed by atoms with van der Waals surface area (Å²) in [6.45, 7) is 4.21. The number of nitrogens with two attached hydrogens (primary N) is 1. The van der Waals surface area contributed by atoms with Crippen molar-refractivity contribution in [3.8, 4) is 0 Å². The molecule has 2 unspecified atom stereocenters. The molecule has 0 spiro atoms. The van der Waals surface area contributed by atoms with Crippen LogP contribution in [0.4, 0.5) is 0 Å². The van der Waals surface area contributed by atoms with Crippen LogP contribution in [0, 0.1) is 12.3 Å². The maximum absolute atomic E-state index is 12.1. The summed E-state index contributed by atoms with van der Waals surface area (Å²) in [4.78, 5) is 16.2. The number of hydrogen-bond acceptors (Lipinski definition) is 5. The van der Waals surface area contributed by atoms with E-state index in [2.05, 4.69) is 15.5 Å². The molecule has 0 radical (unpaired) electrons. The molecule has 0 aromatic carbocycles. The minimum absolute atomic E-state index is 0.0312. The second kappa shape index (κ2) is 5.06. The van der Waals surface area contributed by atoms with Gasteiger partial charge in [0.15, 0.2) is 5.82 Å². The predicted molar refractivity (Wildman–Crippen MR) is 65.7 cm³/mol. The second-order valence-electron chi connectivity index (χ2n) is 5.16. The van der Waals surface area contributed by atoms with E-state index in [0.29, 0.717) is 24.7 Å². The zero-order chi connectivity index (χ0) is 13.2. The lowest BCUT2D eigenvalue weighted by atomic mass is 9.84. The molecule has 1 aliphatic carbocycles. The molecule has 1 aromatic rings. The topological polar surface area (TPSA) is 94.0 Å². The van der Waals surface area contributed by atoms with Gasteiger partial charge in [-0.15, -0.1) is 0 Å². The van der Waals surface area contributed by atoms with Crippen LogP contribution < -0.4 is 11.1 Å². The first-order valence-corrected chi connectivity index (χ1v) is 6.35. The first kappa shape index (κ1) is 13.0. The number of carbonyl (C=O) groups is 1. The molecule has 1 aromatic heterocycles. The largest absolute Gasteiger partial charge is 0.355 e. The minimum Gasteiger partial charge on any atom is -0.355 e. The highest BCUT2D eigenvalue weighted by Gasteiger charge is 2.42. The van der Waals surface area contributed by atoms with Crippen LogP contribution in [-0.4, -0.2) is 28.6 Å². The van der Waals surface area contributed by atoms with Gasteiger partial charge in [0, 0.05) is 19.0 Å². The van der Waals surface area contributed by atoms with Crippen LogP contribution in [0.1, 0.15) is 37.9 Å². The third kappa shape index (κ3) is 2.53. The standard InChI is InChI=1S/C12H20N4O2/c1-8-15-10(18-16-8)5-7-14-11(17)12(2)6-3-4-9(12)13/h9H,3-7,13H2,1-2H3,(H,14,17). The van der Waals surface area contributed by atoms with Crippen molar-refractivity contribution < 1.29 is 9.32 Å². The highest BCUT2D eigenvalue weighted by Crippen LogP contribution is 2.36. The lowest BCUT2D eigenvalue weighted by molar-refractivity contribution is -0.130. The van der Waals surface area contributed by atoms with Gasteiger partial charge in [-0.2, -0.15) is 4.98 Å². The third-order valence-corrected chi connectivity index (χ3v) is 3.74. The highest BCUT2D eigenvalue weighted by molar-refractivity contribution is 5.83. The molecule has 0 aliphatic heterocycles. The molecule has 18 heavy (non-hydrogen) atoms. The maximum atomic E-state index is 12.1. The summed E-state index contributed by atoms with van der Waals surface area (Å²) in [6.07, 6.45) is 3.36. The Hall–Kier alpha value is -1.43. The Morgan fingerprint density at radius 1 is 1.67 bits per heavy atom. The molecule has 6 nitrogen and oxygen atoms in total. The van der Waals surface area contributed by atoms with Crippen LogP contribution in [0.25, 0.3) is 0 Å². The molecule has 3 N–H and O–H groups in total. The molecule has 1 aliphatic rings. The number of nitrogens with one attached hydrogen (secondary N) is 1. The summed E-state index contributed by atoms with van der Waals surface area (Å²) in [7, 11) is 0. The van der Waals surface area contributed by atoms with Crippen LogP contribution in [0.5, 0.6) is 0 Å². The van der Waals surface area contributed by atoms with Crippen LogP contribution >= 0.6 is 0 Å². The lowest BCUT2D eigenvalue weighted by Crippen LogP contribution is -2.47. The SMILES string of the molecule is Cc1noc(CCNC(=O)C2(C)CCCC2N)n1. The zero-order valence-electron chi connectivity index (χ0n) is 10.9. The molecular weight excluding hydrogens is 232 g/mol. The number of rotatable bonds is 4. The van der Waals surface area contributed by atoms with Crippen molar-refractivity contribution >= 4 is 5.91 Å². The third-order valence-electron chi connectivity index (χ3n) is 3.74. The van der Waals surface area contributed by atoms with Crippen LogP contribution in [0.15, 0.2) is 4.52 Å². The first-order chi connectivity index (χ1) is 8.52. The van der Waals surface area contributed by atoms with E-state index in [4.69, 9.17) is 10.3 Å². The summed E-state index contributed by atoms with van der Waals surface area (Å²) in [5.41, 5.74) is 5.57. The van der Waals surface area contributed by atoms with E-state index < -0.39 is 5.41 Å². The van der Waals surface area contributed by atoms with E-state index in [1.807, 2.05) is 6.92 Å². The second-order valence-corrected chi connectivity index (χ2v) is 5.16. The normalized spacial score (nSPS) is 27.4. The molecule has 1 amide bonds. The fourth-order valence-corrected chi connectivity index (χ4v) is 2.40. The van der Waals surface area contributed by atoms with E-state index in [-0.39, 0.29) is 11.9 Å². The van der Waals surface area contributed by atoms with Crippen molar-refractivity contribution in [2.24, 2.45) is 11.1 Å². The molecule has 2 atom stereocenters. The Bertz CT molecular complexity index is 431. The van der Waals surface area contributed by atoms with Crippen LogP contribution in [0.2, 0.25) is 0 Å². The molecule has 0 saturated heterocycles. The van der Waals surface area contributed by atoms with Crippen molar-refractivity contribution in [1.29, 1.82) is 0 Å². The molecule has 1 saturated carbocycles. The molecule has 0 bridgehead atoms. The van der Waals surface area contributed by atoms with Gasteiger partial charge in [-0.3, -0.25) is 4.79 Å². The predicted octanol–water partition coefficient (Wildman–Crippen LogP) is 0.554. The Labute approximate surface area is 106 Å². The van der Waals surface area contributed by atoms with Gasteiger partial charge >= 0.3 is 0 Å². The smallest absolute Gasteiger partial charge is 0.228 e. The number of nitrogens with zero attached hydrogens (tertiary/aromatic N) is 2. The van der Waals surface area contributed by atoms with Gasteiger partial charge in [-0.25, -0.2) is 0 Å². The average Bonchev–Trinajstić information content (AvgIpc) is 2.88. The summed E-state index contributed by atoms with van der Waals surface area (Å²) in [6, 6.07) is -0.0388. The molecule has 6 heteroatoms. The molecule has 1 fully saturated rings. The molecule has 1 heterocycles. The van der Waals surface area contributed by atoms with Gasteiger partial charge in [0.1, 0.15) is 0 Å². The van der Waals surface area contributed by atoms with Crippen LogP contribution in [0.3, 0.4) is 0 Å². The van der Waals surface area contributed by atoms with Gasteiger partial charge in [-0.05, 0) is 26.7 Å². The highest BCUT2D eigenvalue weighted by atomic mass is 16.5. The summed E-state index contributed by atoms with van der Waals surface area (Å²) < 4.78 is 4.98. The Balaban J connectivity index is 1.81. The van der Waals surface area contributed by atoms with Crippen LogP contribution in [-0.2, 0) is 11.2 Å². The van der Waals surface area contributed by atoms with E-state index in [1.165, 1.54) is 0 Å². The van der Waals surface area contributed by atoms with Crippen molar-refractivity contribution in [3.63, 3.8) is 0 Å². The first-order valence-electron chi connectivity index (χ1n) is 6.35. The number of aromatic nitrogens is 2. The molecular formula is C12H20N4O2. The zero-order valence-corrected chi connectivity index (χ0v) is 10.9. The maximum Gasteiger partial charge on any atom is 0.228 e. The van der Waals surface area contributed by atoms with E-state index in [0.717, 1.165) is 19.3 Å². The average molecular weight is 252 g/mol. The monoisotopic (exact) mass is 252 g/mol. The van der Waals surface area contributed by atoms with E-state index in [9.17, 15) is 4.79 Å². The number of aryl methyl sites for hydroxylation is 1.